The van der Waals surface area contributed by atoms with Crippen molar-refractivity contribution in [2.75, 3.05) is 7.11 Å². The summed E-state index contributed by atoms with van der Waals surface area (Å²) < 4.78 is 5.53. The summed E-state index contributed by atoms with van der Waals surface area (Å²) in [6.07, 6.45) is 4.08. The highest BCUT2D eigenvalue weighted by atomic mass is 16.5. The lowest BCUT2D eigenvalue weighted by Gasteiger charge is -2.04. The molecule has 4 rings (SSSR count). The molecule has 4 nitrogen and oxygen atoms in total. The number of aromatic nitrogens is 3. The van der Waals surface area contributed by atoms with Gasteiger partial charge in [0, 0.05) is 5.56 Å². The lowest BCUT2D eigenvalue weighted by atomic mass is 10.1. The van der Waals surface area contributed by atoms with E-state index in [0.717, 1.165) is 33.6 Å². The summed E-state index contributed by atoms with van der Waals surface area (Å²) in [5.41, 5.74) is 4.62. The summed E-state index contributed by atoms with van der Waals surface area (Å²) in [5.74, 6) is 0.778. The van der Waals surface area contributed by atoms with Gasteiger partial charge in [0.1, 0.15) is 16.8 Å². The average Bonchev–Trinajstić information content (AvgIpc) is 3.12. The minimum atomic E-state index is 0.778. The molecular weight excluding hydrogens is 310 g/mol. The van der Waals surface area contributed by atoms with Crippen molar-refractivity contribution in [3.05, 3.63) is 83.9 Å². The number of fused-ring (bicyclic) bond motifs is 1. The number of hydrogen-bond donors (Lipinski definition) is 0. The third kappa shape index (κ3) is 3.02. The predicted octanol–water partition coefficient (Wildman–Crippen LogP) is 4.60. The molecule has 0 aliphatic carbocycles. The van der Waals surface area contributed by atoms with Crippen LogP contribution in [0.3, 0.4) is 0 Å². The third-order valence-corrected chi connectivity index (χ3v) is 4.00. The van der Waals surface area contributed by atoms with Crippen molar-refractivity contribution >= 4 is 23.2 Å². The van der Waals surface area contributed by atoms with Crippen LogP contribution in [0.1, 0.15) is 11.1 Å². The first kappa shape index (κ1) is 15.1. The first-order chi connectivity index (χ1) is 12.3. The van der Waals surface area contributed by atoms with E-state index in [-0.39, 0.29) is 0 Å². The number of para-hydroxylation sites is 1. The molecule has 0 N–H and O–H groups in total. The second-order valence-corrected chi connectivity index (χ2v) is 5.62. The Bertz CT molecular complexity index is 1020. The molecule has 0 aliphatic rings. The fourth-order valence-electron chi connectivity index (χ4n) is 2.74. The Kier molecular flexibility index (Phi) is 4.01. The molecule has 1 aromatic heterocycles. The van der Waals surface area contributed by atoms with Gasteiger partial charge in [-0.2, -0.15) is 4.80 Å². The largest absolute Gasteiger partial charge is 0.496 e. The molecule has 122 valence electrons. The first-order valence-electron chi connectivity index (χ1n) is 8.08. The van der Waals surface area contributed by atoms with E-state index < -0.39 is 0 Å². The van der Waals surface area contributed by atoms with Crippen LogP contribution in [0.4, 0.5) is 0 Å². The van der Waals surface area contributed by atoms with Crippen LogP contribution in [0.5, 0.6) is 5.75 Å². The van der Waals surface area contributed by atoms with Gasteiger partial charge in [0.15, 0.2) is 0 Å². The molecule has 0 amide bonds. The summed E-state index contributed by atoms with van der Waals surface area (Å²) in [5, 5.41) is 9.27. The summed E-state index contributed by atoms with van der Waals surface area (Å²) in [6.45, 7) is 0. The van der Waals surface area contributed by atoms with Gasteiger partial charge in [-0.15, -0.1) is 10.2 Å². The number of nitrogens with zero attached hydrogens (tertiary/aromatic N) is 3. The fraction of sp³-hybridized carbons (Fsp3) is 0.0476. The molecule has 0 atom stereocenters. The van der Waals surface area contributed by atoms with Gasteiger partial charge in [0.25, 0.3) is 0 Å². The molecule has 0 saturated heterocycles. The van der Waals surface area contributed by atoms with Gasteiger partial charge in [-0.05, 0) is 35.9 Å². The molecule has 0 fully saturated rings. The van der Waals surface area contributed by atoms with E-state index in [1.165, 1.54) is 0 Å². The third-order valence-electron chi connectivity index (χ3n) is 4.00. The van der Waals surface area contributed by atoms with E-state index in [2.05, 4.69) is 28.4 Å². The molecule has 1 heterocycles. The highest BCUT2D eigenvalue weighted by Crippen LogP contribution is 2.28. The van der Waals surface area contributed by atoms with Gasteiger partial charge in [0.05, 0.1) is 12.8 Å². The van der Waals surface area contributed by atoms with Crippen LogP contribution in [0.2, 0.25) is 0 Å². The van der Waals surface area contributed by atoms with Crippen LogP contribution in [0.25, 0.3) is 28.9 Å². The highest BCUT2D eigenvalue weighted by Gasteiger charge is 2.12. The quantitative estimate of drug-likeness (QED) is 0.514. The maximum atomic E-state index is 5.53. The predicted molar refractivity (Wildman–Crippen MR) is 101 cm³/mol. The van der Waals surface area contributed by atoms with Gasteiger partial charge in [-0.25, -0.2) is 0 Å². The van der Waals surface area contributed by atoms with E-state index >= 15 is 0 Å². The van der Waals surface area contributed by atoms with Crippen molar-refractivity contribution in [3.8, 4) is 11.4 Å². The topological polar surface area (TPSA) is 39.9 Å². The number of ether oxygens (including phenoxy) is 1. The molecule has 0 saturated carbocycles. The lowest BCUT2D eigenvalue weighted by Crippen LogP contribution is -1.97. The Balaban J connectivity index is 1.83. The maximum Gasteiger partial charge on any atom is 0.128 e. The second-order valence-electron chi connectivity index (χ2n) is 5.62. The van der Waals surface area contributed by atoms with Gasteiger partial charge in [-0.3, -0.25) is 0 Å². The van der Waals surface area contributed by atoms with Crippen LogP contribution < -0.4 is 4.74 Å². The highest BCUT2D eigenvalue weighted by molar-refractivity contribution is 5.90. The van der Waals surface area contributed by atoms with Crippen molar-refractivity contribution in [2.45, 2.75) is 0 Å². The monoisotopic (exact) mass is 327 g/mol. The van der Waals surface area contributed by atoms with Crippen LogP contribution in [0, 0.1) is 0 Å². The van der Waals surface area contributed by atoms with E-state index in [9.17, 15) is 0 Å². The van der Waals surface area contributed by atoms with Crippen LogP contribution in [-0.4, -0.2) is 22.1 Å². The van der Waals surface area contributed by atoms with Crippen molar-refractivity contribution in [3.63, 3.8) is 0 Å². The zero-order chi connectivity index (χ0) is 17.1. The van der Waals surface area contributed by atoms with Crippen molar-refractivity contribution in [1.82, 2.24) is 15.0 Å². The van der Waals surface area contributed by atoms with Crippen molar-refractivity contribution in [1.29, 1.82) is 0 Å². The summed E-state index contributed by atoms with van der Waals surface area (Å²) in [7, 11) is 1.67. The maximum absolute atomic E-state index is 5.53. The molecule has 0 spiro atoms. The molecule has 0 unspecified atom stereocenters. The zero-order valence-electron chi connectivity index (χ0n) is 13.8. The van der Waals surface area contributed by atoms with Crippen LogP contribution in [-0.2, 0) is 0 Å². The first-order valence-corrected chi connectivity index (χ1v) is 8.08. The summed E-state index contributed by atoms with van der Waals surface area (Å²) in [4.78, 5) is 1.66. The standard InChI is InChI=1S/C21H17N3O/c1-25-20-15-14-19-21(18(20)13-12-16-8-4-2-5-9-16)23-24(22-19)17-10-6-3-7-11-17/h2-15H,1H3. The molecule has 0 bridgehead atoms. The SMILES string of the molecule is COc1ccc2nn(-c3ccccc3)nc2c1C=Cc1ccccc1. The summed E-state index contributed by atoms with van der Waals surface area (Å²) in [6, 6.07) is 23.9. The Morgan fingerprint density at radius 2 is 1.52 bits per heavy atom. The minimum Gasteiger partial charge on any atom is -0.496 e. The molecule has 0 radical (unpaired) electrons. The van der Waals surface area contributed by atoms with E-state index in [1.807, 2.05) is 66.7 Å². The van der Waals surface area contributed by atoms with Crippen LogP contribution >= 0.6 is 0 Å². The fourth-order valence-corrected chi connectivity index (χ4v) is 2.74. The molecule has 4 aromatic rings. The second kappa shape index (κ2) is 6.61. The molecule has 4 heteroatoms. The zero-order valence-corrected chi connectivity index (χ0v) is 13.8. The molecule has 0 aliphatic heterocycles. The van der Waals surface area contributed by atoms with E-state index in [4.69, 9.17) is 4.74 Å². The molecule has 25 heavy (non-hydrogen) atoms. The molecule has 3 aromatic carbocycles. The van der Waals surface area contributed by atoms with Gasteiger partial charge >= 0.3 is 0 Å². The van der Waals surface area contributed by atoms with Gasteiger partial charge < -0.3 is 4.74 Å². The number of methoxy groups -OCH3 is 1. The Morgan fingerprint density at radius 3 is 2.24 bits per heavy atom. The Morgan fingerprint density at radius 1 is 0.800 bits per heavy atom. The van der Waals surface area contributed by atoms with Gasteiger partial charge in [0.2, 0.25) is 0 Å². The van der Waals surface area contributed by atoms with Crippen LogP contribution in [0.15, 0.2) is 72.8 Å². The normalized spacial score (nSPS) is 11.2. The number of hydrogen-bond acceptors (Lipinski definition) is 3. The summed E-state index contributed by atoms with van der Waals surface area (Å²) >= 11 is 0. The average molecular weight is 327 g/mol. The number of benzene rings is 3. The number of rotatable bonds is 4. The Labute approximate surface area is 146 Å². The smallest absolute Gasteiger partial charge is 0.128 e. The van der Waals surface area contributed by atoms with Crippen molar-refractivity contribution < 1.29 is 4.74 Å². The van der Waals surface area contributed by atoms with Crippen molar-refractivity contribution in [2.24, 2.45) is 0 Å². The molecular formula is C21H17N3O. The van der Waals surface area contributed by atoms with E-state index in [1.54, 1.807) is 11.9 Å². The van der Waals surface area contributed by atoms with E-state index in [0.29, 0.717) is 0 Å². The Hall–Kier alpha value is -3.40. The lowest BCUT2D eigenvalue weighted by molar-refractivity contribution is 0.414. The minimum absolute atomic E-state index is 0.778. The van der Waals surface area contributed by atoms with Gasteiger partial charge in [-0.1, -0.05) is 54.6 Å².